The monoisotopic (exact) mass is 553 g/mol. The number of hydrogen-bond donors (Lipinski definition) is 6. The number of hydrogen-bond acceptors (Lipinski definition) is 9. The molecule has 0 radical (unpaired) electrons. The van der Waals surface area contributed by atoms with E-state index in [4.69, 9.17) is 43.2 Å². The number of nitrogens with zero attached hydrogens (tertiary/aromatic N) is 3. The Hall–Kier alpha value is -5.45. The lowest BCUT2D eigenvalue weighted by Gasteiger charge is -2.08. The number of unbranched alkanes of at least 4 members (excludes halogenated alkanes) is 2. The minimum atomic E-state index is 0.0579. The lowest BCUT2D eigenvalue weighted by molar-refractivity contribution is 0.279. The Morgan fingerprint density at radius 2 is 1.15 bits per heavy atom. The molecule has 0 aliphatic heterocycles. The second kappa shape index (κ2) is 15.8. The highest BCUT2D eigenvalue weighted by Crippen LogP contribution is 2.23. The Morgan fingerprint density at radius 1 is 0.634 bits per heavy atom. The van der Waals surface area contributed by atoms with Crippen molar-refractivity contribution in [1.82, 2.24) is 4.98 Å². The van der Waals surface area contributed by atoms with Crippen molar-refractivity contribution in [2.45, 2.75) is 19.3 Å². The zero-order chi connectivity index (χ0) is 29.5. The zero-order valence-electron chi connectivity index (χ0n) is 22.7. The summed E-state index contributed by atoms with van der Waals surface area (Å²) in [6.07, 6.45) is 2.90. The summed E-state index contributed by atoms with van der Waals surface area (Å²) >= 11 is 0. The molecule has 11 nitrogen and oxygen atoms in total. The molecular weight excluding hydrogens is 518 g/mol. The average molecular weight is 554 g/mol. The van der Waals surface area contributed by atoms with E-state index in [1.54, 1.807) is 36.4 Å². The van der Waals surface area contributed by atoms with E-state index in [1.807, 2.05) is 54.6 Å². The van der Waals surface area contributed by atoms with Crippen LogP contribution in [-0.4, -0.2) is 29.9 Å². The van der Waals surface area contributed by atoms with Crippen LogP contribution in [0.5, 0.6) is 11.5 Å². The van der Waals surface area contributed by atoms with E-state index in [0.717, 1.165) is 36.4 Å². The number of azo groups is 1. The van der Waals surface area contributed by atoms with E-state index in [2.05, 4.69) is 15.2 Å². The molecule has 0 aliphatic rings. The van der Waals surface area contributed by atoms with Gasteiger partial charge in [0.25, 0.3) is 0 Å². The molecule has 0 amide bonds. The summed E-state index contributed by atoms with van der Waals surface area (Å²) in [7, 11) is 0. The average Bonchev–Trinajstić information content (AvgIpc) is 2.97. The number of benzene rings is 3. The Kier molecular flexibility index (Phi) is 11.6. The normalized spacial score (nSPS) is 10.4. The molecule has 3 aromatic carbocycles. The molecule has 4 aromatic rings. The molecule has 0 atom stereocenters. The number of aromatic nitrogens is 1. The number of pyridine rings is 1. The van der Waals surface area contributed by atoms with Crippen molar-refractivity contribution in [2.75, 3.05) is 24.7 Å². The SMILES string of the molecule is N=C(N)c1ccc(OCCCCCOc2ccc(C(=N)N)cc2)cc1.Nc1ccc(N=Nc2ccccc2)c(N)n1. The molecule has 0 saturated carbocycles. The lowest BCUT2D eigenvalue weighted by Crippen LogP contribution is -2.10. The maximum absolute atomic E-state index is 7.34. The lowest BCUT2D eigenvalue weighted by atomic mass is 10.2. The first-order valence-electron chi connectivity index (χ1n) is 12.9. The van der Waals surface area contributed by atoms with E-state index in [0.29, 0.717) is 35.8 Å². The molecule has 1 aromatic heterocycles. The number of nitrogen functional groups attached to an aromatic ring is 4. The predicted molar refractivity (Wildman–Crippen MR) is 163 cm³/mol. The fourth-order valence-electron chi connectivity index (χ4n) is 3.40. The Bertz CT molecular complexity index is 1360. The van der Waals surface area contributed by atoms with Crippen molar-refractivity contribution in [3.8, 4) is 11.5 Å². The van der Waals surface area contributed by atoms with Crippen molar-refractivity contribution >= 4 is 34.7 Å². The van der Waals surface area contributed by atoms with Gasteiger partial charge in [0.15, 0.2) is 5.82 Å². The van der Waals surface area contributed by atoms with Crippen LogP contribution in [0.2, 0.25) is 0 Å². The molecule has 0 unspecified atom stereocenters. The number of amidine groups is 2. The van der Waals surface area contributed by atoms with Gasteiger partial charge in [0, 0.05) is 11.1 Å². The number of rotatable bonds is 12. The van der Waals surface area contributed by atoms with Gasteiger partial charge in [-0.2, -0.15) is 5.11 Å². The third-order valence-corrected chi connectivity index (χ3v) is 5.61. The maximum atomic E-state index is 7.34. The van der Waals surface area contributed by atoms with Gasteiger partial charge in [0.2, 0.25) is 0 Å². The second-order valence-corrected chi connectivity index (χ2v) is 8.81. The van der Waals surface area contributed by atoms with Gasteiger partial charge in [-0.15, -0.1) is 5.11 Å². The first-order valence-corrected chi connectivity index (χ1v) is 12.9. The van der Waals surface area contributed by atoms with Gasteiger partial charge < -0.3 is 32.4 Å². The van der Waals surface area contributed by atoms with E-state index < -0.39 is 0 Å². The van der Waals surface area contributed by atoms with Crippen molar-refractivity contribution in [3.05, 3.63) is 102 Å². The first kappa shape index (κ1) is 30.1. The minimum absolute atomic E-state index is 0.0579. The van der Waals surface area contributed by atoms with Crippen LogP contribution in [0.3, 0.4) is 0 Å². The van der Waals surface area contributed by atoms with Crippen molar-refractivity contribution in [1.29, 1.82) is 10.8 Å². The van der Waals surface area contributed by atoms with Gasteiger partial charge in [0.1, 0.15) is 34.7 Å². The second-order valence-electron chi connectivity index (χ2n) is 8.81. The number of ether oxygens (including phenoxy) is 2. The molecule has 0 fully saturated rings. The summed E-state index contributed by atoms with van der Waals surface area (Å²) in [6, 6.07) is 27.1. The third-order valence-electron chi connectivity index (χ3n) is 5.61. The quantitative estimate of drug-likeness (QED) is 0.0570. The first-order chi connectivity index (χ1) is 19.8. The molecule has 0 aliphatic carbocycles. The molecule has 0 spiro atoms. The summed E-state index contributed by atoms with van der Waals surface area (Å²) in [5.74, 6) is 2.33. The van der Waals surface area contributed by atoms with Crippen LogP contribution in [0.15, 0.2) is 101 Å². The highest BCUT2D eigenvalue weighted by molar-refractivity contribution is 5.95. The van der Waals surface area contributed by atoms with E-state index in [9.17, 15) is 0 Å². The van der Waals surface area contributed by atoms with Crippen LogP contribution in [0, 0.1) is 10.8 Å². The highest BCUT2D eigenvalue weighted by Gasteiger charge is 2.01. The standard InChI is InChI=1S/C19H24N4O2.C11H11N5/c20-18(21)14-4-8-16(9-5-14)24-12-2-1-3-13-25-17-10-6-15(7-11-17)19(22)23;12-10-7-6-9(11(13)14-10)16-15-8-4-2-1-3-5-8/h4-11H,1-3,12-13H2,(H3,20,21)(H3,22,23);1-7H,(H4,12,13,14). The van der Waals surface area contributed by atoms with Gasteiger partial charge in [-0.1, -0.05) is 18.2 Å². The molecule has 1 heterocycles. The molecule has 0 saturated heterocycles. The molecule has 0 bridgehead atoms. The Balaban J connectivity index is 0.000000248. The van der Waals surface area contributed by atoms with Crippen LogP contribution in [0.1, 0.15) is 30.4 Å². The van der Waals surface area contributed by atoms with Crippen molar-refractivity contribution in [3.63, 3.8) is 0 Å². The molecule has 41 heavy (non-hydrogen) atoms. The molecule has 212 valence electrons. The van der Waals surface area contributed by atoms with E-state index >= 15 is 0 Å². The number of nitrogens with two attached hydrogens (primary N) is 4. The highest BCUT2D eigenvalue weighted by atomic mass is 16.5. The topological polar surface area (TPSA) is 208 Å². The van der Waals surface area contributed by atoms with Gasteiger partial charge in [-0.3, -0.25) is 10.8 Å². The Morgan fingerprint density at radius 3 is 1.61 bits per heavy atom. The summed E-state index contributed by atoms with van der Waals surface area (Å²) in [4.78, 5) is 3.89. The molecule has 11 heteroatoms. The summed E-state index contributed by atoms with van der Waals surface area (Å²) in [5.41, 5.74) is 24.6. The maximum Gasteiger partial charge on any atom is 0.153 e. The molecular formula is C30H35N9O2. The van der Waals surface area contributed by atoms with Gasteiger partial charge in [0.05, 0.1) is 18.9 Å². The number of nitrogens with one attached hydrogen (secondary N) is 2. The minimum Gasteiger partial charge on any atom is -0.494 e. The third kappa shape index (κ3) is 10.7. The van der Waals surface area contributed by atoms with E-state index in [1.165, 1.54) is 0 Å². The summed E-state index contributed by atoms with van der Waals surface area (Å²) in [5, 5.41) is 22.7. The Labute approximate surface area is 239 Å². The number of anilines is 2. The van der Waals surface area contributed by atoms with Crippen molar-refractivity contribution < 1.29 is 9.47 Å². The fourth-order valence-corrected chi connectivity index (χ4v) is 3.40. The van der Waals surface area contributed by atoms with Gasteiger partial charge >= 0.3 is 0 Å². The van der Waals surface area contributed by atoms with Crippen LogP contribution >= 0.6 is 0 Å². The zero-order valence-corrected chi connectivity index (χ0v) is 22.7. The van der Waals surface area contributed by atoms with Crippen LogP contribution < -0.4 is 32.4 Å². The van der Waals surface area contributed by atoms with Crippen molar-refractivity contribution in [2.24, 2.45) is 21.7 Å². The molecule has 4 rings (SSSR count). The predicted octanol–water partition coefficient (Wildman–Crippen LogP) is 5.54. The van der Waals surface area contributed by atoms with Gasteiger partial charge in [-0.25, -0.2) is 4.98 Å². The van der Waals surface area contributed by atoms with E-state index in [-0.39, 0.29) is 17.5 Å². The summed E-state index contributed by atoms with van der Waals surface area (Å²) in [6.45, 7) is 1.29. The van der Waals surface area contributed by atoms with Crippen LogP contribution in [0.4, 0.5) is 23.0 Å². The van der Waals surface area contributed by atoms with Crippen LogP contribution in [0.25, 0.3) is 0 Å². The summed E-state index contributed by atoms with van der Waals surface area (Å²) < 4.78 is 11.3. The molecule has 10 N–H and O–H groups in total. The largest absolute Gasteiger partial charge is 0.494 e. The smallest absolute Gasteiger partial charge is 0.153 e. The van der Waals surface area contributed by atoms with Crippen LogP contribution in [-0.2, 0) is 0 Å². The fraction of sp³-hybridized carbons (Fsp3) is 0.167. The van der Waals surface area contributed by atoms with Gasteiger partial charge in [-0.05, 0) is 92.1 Å².